The van der Waals surface area contributed by atoms with E-state index in [0.717, 1.165) is 0 Å². The van der Waals surface area contributed by atoms with Crippen LogP contribution < -0.4 is 11.1 Å². The molecule has 0 bridgehead atoms. The Morgan fingerprint density at radius 3 is 3.14 bits per heavy atom. The Kier molecular flexibility index (Phi) is 3.48. The molecule has 0 saturated carbocycles. The van der Waals surface area contributed by atoms with Crippen molar-refractivity contribution in [1.82, 2.24) is 10.5 Å². The lowest BCUT2D eigenvalue weighted by Crippen LogP contribution is -2.28. The van der Waals surface area contributed by atoms with E-state index in [4.69, 9.17) is 15.5 Å². The number of nitrogens with two attached hydrogens (primary N) is 1. The van der Waals surface area contributed by atoms with Crippen molar-refractivity contribution >= 4 is 11.7 Å². The van der Waals surface area contributed by atoms with Crippen LogP contribution in [0.1, 0.15) is 12.2 Å². The normalized spacial score (nSPS) is 11.3. The molecule has 1 rings (SSSR count). The molecule has 0 fully saturated rings. The molecule has 1 aromatic rings. The fraction of sp³-hybridized carbons (Fsp3) is 0.286. The minimum atomic E-state index is -0.350. The van der Waals surface area contributed by atoms with Crippen molar-refractivity contribution in [3.05, 3.63) is 18.0 Å². The number of nitrogens with one attached hydrogen (secondary N) is 1. The number of amidine groups is 1. The van der Waals surface area contributed by atoms with Crippen molar-refractivity contribution in [1.29, 1.82) is 0 Å². The van der Waals surface area contributed by atoms with Crippen molar-refractivity contribution in [2.75, 3.05) is 0 Å². The summed E-state index contributed by atoms with van der Waals surface area (Å²) in [5.74, 6) is 0.0506. The molecule has 0 aromatic carbocycles. The Morgan fingerprint density at radius 2 is 2.57 bits per heavy atom. The summed E-state index contributed by atoms with van der Waals surface area (Å²) in [6.45, 7) is 0.234. The molecule has 0 saturated heterocycles. The summed E-state index contributed by atoms with van der Waals surface area (Å²) in [5, 5.41) is 16.8. The van der Waals surface area contributed by atoms with E-state index in [1.807, 2.05) is 0 Å². The van der Waals surface area contributed by atoms with E-state index >= 15 is 0 Å². The Hall–Kier alpha value is -2.05. The molecule has 0 aliphatic rings. The number of rotatable bonds is 4. The van der Waals surface area contributed by atoms with Gasteiger partial charge in [-0.1, -0.05) is 10.3 Å². The highest BCUT2D eigenvalue weighted by Crippen LogP contribution is 1.95. The van der Waals surface area contributed by atoms with E-state index in [-0.39, 0.29) is 24.7 Å². The van der Waals surface area contributed by atoms with E-state index in [9.17, 15) is 4.79 Å². The van der Waals surface area contributed by atoms with Gasteiger partial charge in [0, 0.05) is 6.07 Å². The van der Waals surface area contributed by atoms with E-state index in [2.05, 4.69) is 15.6 Å². The van der Waals surface area contributed by atoms with Crippen LogP contribution in [0.5, 0.6) is 0 Å². The zero-order chi connectivity index (χ0) is 10.4. The van der Waals surface area contributed by atoms with Gasteiger partial charge in [-0.05, 0) is 0 Å². The lowest BCUT2D eigenvalue weighted by atomic mass is 10.3. The summed E-state index contributed by atoms with van der Waals surface area (Å²) < 4.78 is 4.74. The van der Waals surface area contributed by atoms with Gasteiger partial charge >= 0.3 is 0 Å². The van der Waals surface area contributed by atoms with E-state index in [0.29, 0.717) is 5.76 Å². The van der Waals surface area contributed by atoms with Crippen molar-refractivity contribution in [3.63, 3.8) is 0 Å². The van der Waals surface area contributed by atoms with Crippen LogP contribution >= 0.6 is 0 Å². The third kappa shape index (κ3) is 3.13. The summed E-state index contributed by atoms with van der Waals surface area (Å²) in [5.41, 5.74) is 5.13. The van der Waals surface area contributed by atoms with Crippen molar-refractivity contribution in [2.45, 2.75) is 13.0 Å². The van der Waals surface area contributed by atoms with Gasteiger partial charge in [0.25, 0.3) is 0 Å². The summed E-state index contributed by atoms with van der Waals surface area (Å²) in [7, 11) is 0. The van der Waals surface area contributed by atoms with Crippen LogP contribution in [-0.2, 0) is 11.3 Å². The van der Waals surface area contributed by atoms with Crippen molar-refractivity contribution < 1.29 is 14.5 Å². The standard InChI is InChI=1S/C7H10N4O3/c8-6(11-13)3-7(12)9-4-5-1-2-10-14-5/h1-2,13H,3-4H2,(H2,8,11)(H,9,12). The van der Waals surface area contributed by atoms with Crippen LogP contribution in [0.15, 0.2) is 21.9 Å². The number of oxime groups is 1. The maximum absolute atomic E-state index is 11.1. The molecule has 0 unspecified atom stereocenters. The smallest absolute Gasteiger partial charge is 0.228 e. The first-order chi connectivity index (χ1) is 6.72. The van der Waals surface area contributed by atoms with Gasteiger partial charge in [-0.25, -0.2) is 0 Å². The Bertz CT molecular complexity index is 320. The van der Waals surface area contributed by atoms with Crippen LogP contribution in [0.25, 0.3) is 0 Å². The van der Waals surface area contributed by atoms with Gasteiger partial charge in [0.05, 0.1) is 19.2 Å². The van der Waals surface area contributed by atoms with Gasteiger partial charge in [0.1, 0.15) is 5.84 Å². The van der Waals surface area contributed by atoms with Gasteiger partial charge in [0.2, 0.25) is 5.91 Å². The third-order valence-corrected chi connectivity index (χ3v) is 1.42. The number of carbonyl (C=O) groups is 1. The van der Waals surface area contributed by atoms with Crippen molar-refractivity contribution in [2.24, 2.45) is 10.9 Å². The number of nitrogens with zero attached hydrogens (tertiary/aromatic N) is 2. The largest absolute Gasteiger partial charge is 0.409 e. The van der Waals surface area contributed by atoms with Crippen LogP contribution in [0, 0.1) is 0 Å². The topological polar surface area (TPSA) is 114 Å². The molecule has 0 radical (unpaired) electrons. The quantitative estimate of drug-likeness (QED) is 0.259. The van der Waals surface area contributed by atoms with Crippen LogP contribution in [0.4, 0.5) is 0 Å². The predicted molar refractivity (Wildman–Crippen MR) is 46.4 cm³/mol. The SMILES string of the molecule is NC(CC(=O)NCc1ccno1)=NO. The van der Waals surface area contributed by atoms with Crippen molar-refractivity contribution in [3.8, 4) is 0 Å². The average molecular weight is 198 g/mol. The molecular formula is C7H10N4O3. The molecule has 7 heteroatoms. The maximum atomic E-state index is 11.1. The van der Waals surface area contributed by atoms with Crippen LogP contribution in [-0.4, -0.2) is 22.1 Å². The molecule has 0 aliphatic carbocycles. The number of amides is 1. The molecule has 76 valence electrons. The zero-order valence-electron chi connectivity index (χ0n) is 7.30. The monoisotopic (exact) mass is 198 g/mol. The second-order valence-corrected chi connectivity index (χ2v) is 2.52. The van der Waals surface area contributed by atoms with Gasteiger partial charge < -0.3 is 20.8 Å². The predicted octanol–water partition coefficient (Wildman–Crippen LogP) is -0.573. The molecule has 0 spiro atoms. The molecule has 14 heavy (non-hydrogen) atoms. The minimum Gasteiger partial charge on any atom is -0.409 e. The second kappa shape index (κ2) is 4.85. The summed E-state index contributed by atoms with van der Waals surface area (Å²) >= 11 is 0. The van der Waals surface area contributed by atoms with Crippen LogP contribution in [0.3, 0.4) is 0 Å². The van der Waals surface area contributed by atoms with Crippen LogP contribution in [0.2, 0.25) is 0 Å². The lowest BCUT2D eigenvalue weighted by molar-refractivity contribution is -0.120. The lowest BCUT2D eigenvalue weighted by Gasteiger charge is -2.00. The van der Waals surface area contributed by atoms with E-state index < -0.39 is 0 Å². The summed E-state index contributed by atoms with van der Waals surface area (Å²) in [6, 6.07) is 1.63. The number of aromatic nitrogens is 1. The second-order valence-electron chi connectivity index (χ2n) is 2.52. The Labute approximate surface area is 79.6 Å². The molecule has 7 nitrogen and oxygen atoms in total. The molecule has 4 N–H and O–H groups in total. The van der Waals surface area contributed by atoms with Gasteiger partial charge in [-0.3, -0.25) is 4.79 Å². The minimum absolute atomic E-state index is 0.139. The Morgan fingerprint density at radius 1 is 1.79 bits per heavy atom. The van der Waals surface area contributed by atoms with Gasteiger partial charge in [-0.15, -0.1) is 0 Å². The molecule has 1 aromatic heterocycles. The van der Waals surface area contributed by atoms with Gasteiger partial charge in [-0.2, -0.15) is 0 Å². The van der Waals surface area contributed by atoms with Gasteiger partial charge in [0.15, 0.2) is 5.76 Å². The Balaban J connectivity index is 2.29. The molecular weight excluding hydrogens is 188 g/mol. The zero-order valence-corrected chi connectivity index (χ0v) is 7.30. The maximum Gasteiger partial charge on any atom is 0.228 e. The first-order valence-electron chi connectivity index (χ1n) is 3.85. The highest BCUT2D eigenvalue weighted by molar-refractivity contribution is 5.98. The fourth-order valence-electron chi connectivity index (χ4n) is 0.781. The number of hydrogen-bond donors (Lipinski definition) is 3. The third-order valence-electron chi connectivity index (χ3n) is 1.42. The number of hydrogen-bond acceptors (Lipinski definition) is 5. The fourth-order valence-corrected chi connectivity index (χ4v) is 0.781. The highest BCUT2D eigenvalue weighted by atomic mass is 16.5. The molecule has 1 heterocycles. The van der Waals surface area contributed by atoms with E-state index in [1.54, 1.807) is 6.07 Å². The summed E-state index contributed by atoms with van der Waals surface area (Å²) in [4.78, 5) is 11.1. The summed E-state index contributed by atoms with van der Waals surface area (Å²) in [6.07, 6.45) is 1.33. The molecule has 0 atom stereocenters. The number of carbonyl (C=O) groups excluding carboxylic acids is 1. The first kappa shape index (κ1) is 10.0. The molecule has 0 aliphatic heterocycles. The average Bonchev–Trinajstić information content (AvgIpc) is 2.67. The molecule has 1 amide bonds. The first-order valence-corrected chi connectivity index (χ1v) is 3.85. The highest BCUT2D eigenvalue weighted by Gasteiger charge is 2.05. The van der Waals surface area contributed by atoms with E-state index in [1.165, 1.54) is 6.20 Å².